The van der Waals surface area contributed by atoms with Gasteiger partial charge in [0.2, 0.25) is 0 Å². The molecule has 7 aromatic rings. The summed E-state index contributed by atoms with van der Waals surface area (Å²) in [6, 6.07) is 68.2. The topological polar surface area (TPSA) is 0 Å². The summed E-state index contributed by atoms with van der Waals surface area (Å²) >= 11 is 15.9. The molecule has 0 unspecified atom stereocenters. The fourth-order valence-corrected chi connectivity index (χ4v) is 16.4. The minimum atomic E-state index is -1.19. The van der Waals surface area contributed by atoms with Gasteiger partial charge in [-0.15, -0.1) is 11.6 Å². The molecule has 1 aliphatic rings. The van der Waals surface area contributed by atoms with Crippen molar-refractivity contribution < 1.29 is 19.5 Å². The molecule has 0 N–H and O–H groups in total. The molecule has 49 heavy (non-hydrogen) atoms. The van der Waals surface area contributed by atoms with Crippen LogP contribution in [0.25, 0.3) is 21.4 Å². The molecule has 7 aromatic carbocycles. The van der Waals surface area contributed by atoms with Crippen LogP contribution in [0.15, 0.2) is 188 Å². The van der Waals surface area contributed by atoms with Crippen LogP contribution in [0.1, 0.15) is 5.56 Å². The first-order valence-corrected chi connectivity index (χ1v) is 19.6. The summed E-state index contributed by atoms with van der Waals surface area (Å²) in [4.78, 5) is -0.687. The Morgan fingerprint density at radius 3 is 1.31 bits per heavy atom. The molecule has 0 aromatic heterocycles. The Balaban J connectivity index is 0.00000378. The normalized spacial score (nSPS) is 15.2. The van der Waals surface area contributed by atoms with Gasteiger partial charge in [0.1, 0.15) is 0 Å². The van der Waals surface area contributed by atoms with Gasteiger partial charge in [-0.3, -0.25) is 0 Å². The minimum Gasteiger partial charge on any atom is -0.115 e. The molecule has 0 nitrogen and oxygen atoms in total. The molecule has 0 saturated carbocycles. The summed E-state index contributed by atoms with van der Waals surface area (Å²) in [6.45, 7) is 0. The Kier molecular flexibility index (Phi) is 10.3. The molecular weight excluding hydrogens is 762 g/mol. The summed E-state index contributed by atoms with van der Waals surface area (Å²) in [5.41, 5.74) is 2.46. The van der Waals surface area contributed by atoms with Gasteiger partial charge in [-0.2, -0.15) is 0 Å². The van der Waals surface area contributed by atoms with Crippen molar-refractivity contribution in [1.29, 1.82) is 0 Å². The van der Waals surface area contributed by atoms with Crippen molar-refractivity contribution in [3.05, 3.63) is 204 Å². The van der Waals surface area contributed by atoms with E-state index in [2.05, 4.69) is 188 Å². The van der Waals surface area contributed by atoms with Crippen molar-refractivity contribution in [3.8, 4) is 0 Å². The van der Waals surface area contributed by atoms with Gasteiger partial charge >= 0.3 is 0 Å². The molecule has 1 atom stereocenters. The third-order valence-electron chi connectivity index (χ3n) is 9.20. The molecule has 0 fully saturated rings. The monoisotopic (exact) mass is 794 g/mol. The van der Waals surface area contributed by atoms with Crippen molar-refractivity contribution >= 4 is 81.6 Å². The molecule has 1 aliphatic carbocycles. The predicted molar refractivity (Wildman–Crippen MR) is 212 cm³/mol. The third-order valence-corrected chi connectivity index (χ3v) is 17.4. The van der Waals surface area contributed by atoms with Crippen LogP contribution in [0.5, 0.6) is 0 Å². The first-order valence-electron chi connectivity index (χ1n) is 16.1. The summed E-state index contributed by atoms with van der Waals surface area (Å²) in [7, 11) is -2.39. The molecule has 0 radical (unpaired) electrons. The average molecular weight is 795 g/mol. The fourth-order valence-electron chi connectivity index (χ4n) is 7.28. The zero-order valence-electron chi connectivity index (χ0n) is 26.5. The smallest absolute Gasteiger partial charge is 0.0886 e. The van der Waals surface area contributed by atoms with E-state index in [0.717, 1.165) is 10.4 Å². The molecule has 0 amide bonds. The molecule has 8 rings (SSSR count). The van der Waals surface area contributed by atoms with E-state index in [1.54, 1.807) is 0 Å². The van der Waals surface area contributed by atoms with Crippen LogP contribution in [0.4, 0.5) is 0 Å². The molecular formula is C44H32Cl2P2Ru. The number of hydrogen-bond donors (Lipinski definition) is 0. The first kappa shape index (κ1) is 34.1. The maximum Gasteiger partial charge on any atom is 0.0886 e. The Labute approximate surface area is 313 Å². The Hall–Kier alpha value is -3.40. The fraction of sp³-hybridized carbons (Fsp3) is 0.0455. The first-order chi connectivity index (χ1) is 23.7. The second-order valence-corrected chi connectivity index (χ2v) is 17.9. The van der Waals surface area contributed by atoms with Crippen LogP contribution < -0.4 is 31.7 Å². The van der Waals surface area contributed by atoms with Crippen molar-refractivity contribution in [1.82, 2.24) is 0 Å². The van der Waals surface area contributed by atoms with Crippen molar-refractivity contribution in [2.45, 2.75) is 10.3 Å². The van der Waals surface area contributed by atoms with Gasteiger partial charge < -0.3 is 0 Å². The second-order valence-electron chi connectivity index (χ2n) is 11.9. The van der Waals surface area contributed by atoms with Crippen molar-refractivity contribution in [3.63, 3.8) is 0 Å². The molecule has 0 heterocycles. The van der Waals surface area contributed by atoms with Crippen molar-refractivity contribution in [2.75, 3.05) is 0 Å². The molecule has 0 spiro atoms. The van der Waals surface area contributed by atoms with Crippen LogP contribution in [-0.4, -0.2) is 10.3 Å². The molecule has 240 valence electrons. The number of benzene rings is 7. The Bertz CT molecular complexity index is 2170. The van der Waals surface area contributed by atoms with Crippen LogP contribution >= 0.6 is 39.0 Å². The Morgan fingerprint density at radius 1 is 0.429 bits per heavy atom. The van der Waals surface area contributed by atoms with Gasteiger partial charge in [0.05, 0.1) is 10.3 Å². The van der Waals surface area contributed by atoms with Gasteiger partial charge in [-0.1, -0.05) is 200 Å². The summed E-state index contributed by atoms with van der Waals surface area (Å²) in [5, 5.41) is 9.80. The number of fused-ring (bicyclic) bond motifs is 2. The zero-order valence-corrected chi connectivity index (χ0v) is 31.5. The van der Waals surface area contributed by atoms with E-state index >= 15 is 0 Å². The zero-order chi connectivity index (χ0) is 32.5. The molecule has 5 heteroatoms. The van der Waals surface area contributed by atoms with Crippen LogP contribution in [0.2, 0.25) is 0 Å². The number of rotatable bonds is 7. The van der Waals surface area contributed by atoms with Gasteiger partial charge in [0, 0.05) is 24.5 Å². The quantitative estimate of drug-likeness (QED) is 0.0860. The van der Waals surface area contributed by atoms with Gasteiger partial charge in [0.15, 0.2) is 0 Å². The predicted octanol–water partition coefficient (Wildman–Crippen LogP) is 8.97. The number of halogens is 2. The largest absolute Gasteiger partial charge is 0.115 e. The summed E-state index contributed by atoms with van der Waals surface area (Å²) in [6.07, 6.45) is 0. The average Bonchev–Trinajstić information content (AvgIpc) is 3.16. The van der Waals surface area contributed by atoms with Crippen molar-refractivity contribution in [2.24, 2.45) is 0 Å². The third kappa shape index (κ3) is 5.95. The Morgan fingerprint density at radius 2 is 0.816 bits per heavy atom. The van der Waals surface area contributed by atoms with E-state index in [-0.39, 0.29) is 19.5 Å². The van der Waals surface area contributed by atoms with Gasteiger partial charge in [-0.05, 0) is 69.4 Å². The number of hydrogen-bond acceptors (Lipinski definition) is 0. The maximum absolute atomic E-state index is 8.25. The standard InChI is InChI=1S/C44H32Cl2P2.Ru/c45-42-40-30-16-15-29-39(40)41(38-31-17-19-32-18-13-14-28-37(32)38)44(43(42)46,47(33-20-5-1-6-21-33)34-22-7-2-8-23-34)48(35-24-9-3-10-25-35)36-26-11-4-12-27-36;/h1-31,43H;/t43-;/m0./s1. The van der Waals surface area contributed by atoms with Crippen LogP contribution in [0, 0.1) is 0 Å². The van der Waals surface area contributed by atoms with E-state index in [1.807, 2.05) is 0 Å². The minimum absolute atomic E-state index is 0. The molecule has 0 bridgehead atoms. The van der Waals surface area contributed by atoms with E-state index in [9.17, 15) is 0 Å². The molecule has 0 aliphatic heterocycles. The number of alkyl halides is 1. The SMILES string of the molecule is ClC1=c2ccccc2=C(c2cccc3ccccc23)C(P(c2ccccc2)c2ccccc2)(P(c2ccccc2)c2ccccc2)[C@H]1Cl.[Ru]. The van der Waals surface area contributed by atoms with Gasteiger partial charge in [0.25, 0.3) is 0 Å². The van der Waals surface area contributed by atoms with E-state index in [0.29, 0.717) is 5.03 Å². The molecule has 0 saturated heterocycles. The second kappa shape index (κ2) is 14.8. The van der Waals surface area contributed by atoms with Crippen LogP contribution in [-0.2, 0) is 19.5 Å². The maximum atomic E-state index is 8.25. The van der Waals surface area contributed by atoms with E-state index < -0.39 is 26.1 Å². The van der Waals surface area contributed by atoms with E-state index in [1.165, 1.54) is 43.1 Å². The van der Waals surface area contributed by atoms with E-state index in [4.69, 9.17) is 23.2 Å². The van der Waals surface area contributed by atoms with Gasteiger partial charge in [-0.25, -0.2) is 0 Å². The van der Waals surface area contributed by atoms with Crippen LogP contribution in [0.3, 0.4) is 0 Å². The summed E-state index contributed by atoms with van der Waals surface area (Å²) < 4.78 is 0. The summed E-state index contributed by atoms with van der Waals surface area (Å²) in [5.74, 6) is 0.